The standard InChI is InChI=1S/C9H20N2O4S2/c1-9(3-5-10-6-4-9)7-11-17(14,15)8-16(2,12)13/h10-11H,3-8H2,1-2H3. The van der Waals surface area contributed by atoms with Crippen molar-refractivity contribution in [2.45, 2.75) is 19.8 Å². The molecule has 0 spiro atoms. The number of sulfonamides is 1. The fourth-order valence-corrected chi connectivity index (χ4v) is 4.97. The van der Waals surface area contributed by atoms with Crippen LogP contribution in [0, 0.1) is 5.41 Å². The van der Waals surface area contributed by atoms with E-state index < -0.39 is 24.9 Å². The number of hydrogen-bond acceptors (Lipinski definition) is 5. The van der Waals surface area contributed by atoms with Crippen molar-refractivity contribution in [3.05, 3.63) is 0 Å². The Morgan fingerprint density at radius 2 is 1.71 bits per heavy atom. The van der Waals surface area contributed by atoms with Gasteiger partial charge in [-0.1, -0.05) is 6.92 Å². The van der Waals surface area contributed by atoms with E-state index in [1.807, 2.05) is 6.92 Å². The highest BCUT2D eigenvalue weighted by atomic mass is 32.3. The summed E-state index contributed by atoms with van der Waals surface area (Å²) in [6.07, 6.45) is 2.68. The molecule has 0 aliphatic carbocycles. The first-order valence-electron chi connectivity index (χ1n) is 5.48. The molecular weight excluding hydrogens is 264 g/mol. The van der Waals surface area contributed by atoms with Crippen LogP contribution < -0.4 is 10.0 Å². The monoisotopic (exact) mass is 284 g/mol. The zero-order valence-electron chi connectivity index (χ0n) is 10.2. The lowest BCUT2D eigenvalue weighted by atomic mass is 9.81. The second kappa shape index (κ2) is 5.21. The minimum atomic E-state index is -3.74. The molecule has 1 heterocycles. The van der Waals surface area contributed by atoms with Gasteiger partial charge in [0, 0.05) is 12.8 Å². The molecule has 1 saturated heterocycles. The summed E-state index contributed by atoms with van der Waals surface area (Å²) in [6.45, 7) is 4.04. The highest BCUT2D eigenvalue weighted by molar-refractivity contribution is 8.06. The SMILES string of the molecule is CC1(CNS(=O)(=O)CS(C)(=O)=O)CCNCC1. The summed E-state index contributed by atoms with van der Waals surface area (Å²) >= 11 is 0. The van der Waals surface area contributed by atoms with Crippen molar-refractivity contribution < 1.29 is 16.8 Å². The normalized spacial score (nSPS) is 21.3. The van der Waals surface area contributed by atoms with Crippen LogP contribution in [-0.4, -0.2) is 47.8 Å². The van der Waals surface area contributed by atoms with Crippen LogP contribution >= 0.6 is 0 Å². The number of sulfone groups is 1. The largest absolute Gasteiger partial charge is 0.317 e. The van der Waals surface area contributed by atoms with E-state index in [2.05, 4.69) is 10.0 Å². The van der Waals surface area contributed by atoms with E-state index in [9.17, 15) is 16.8 Å². The Balaban J connectivity index is 2.55. The lowest BCUT2D eigenvalue weighted by Crippen LogP contribution is -2.43. The van der Waals surface area contributed by atoms with Crippen molar-refractivity contribution in [3.63, 3.8) is 0 Å². The fourth-order valence-electron chi connectivity index (χ4n) is 1.81. The summed E-state index contributed by atoms with van der Waals surface area (Å²) in [5, 5.41) is 2.36. The predicted octanol–water partition coefficient (Wildman–Crippen LogP) is -0.702. The highest BCUT2D eigenvalue weighted by Gasteiger charge is 2.29. The van der Waals surface area contributed by atoms with Gasteiger partial charge in [0.05, 0.1) is 0 Å². The van der Waals surface area contributed by atoms with Crippen molar-refractivity contribution in [2.75, 3.05) is 31.0 Å². The minimum Gasteiger partial charge on any atom is -0.317 e. The molecule has 0 aromatic rings. The molecule has 0 amide bonds. The van der Waals surface area contributed by atoms with Crippen molar-refractivity contribution in [1.29, 1.82) is 0 Å². The van der Waals surface area contributed by atoms with Gasteiger partial charge in [0.25, 0.3) is 0 Å². The fraction of sp³-hybridized carbons (Fsp3) is 1.00. The van der Waals surface area contributed by atoms with Crippen molar-refractivity contribution in [2.24, 2.45) is 5.41 Å². The molecule has 0 saturated carbocycles. The van der Waals surface area contributed by atoms with E-state index in [-0.39, 0.29) is 5.41 Å². The molecule has 1 fully saturated rings. The Hall–Kier alpha value is -0.180. The molecule has 1 rings (SSSR count). The number of hydrogen-bond donors (Lipinski definition) is 2. The number of nitrogens with one attached hydrogen (secondary N) is 2. The Labute approximate surface area is 103 Å². The van der Waals surface area contributed by atoms with Gasteiger partial charge < -0.3 is 5.32 Å². The van der Waals surface area contributed by atoms with Crippen LogP contribution in [0.1, 0.15) is 19.8 Å². The molecular formula is C9H20N2O4S2. The summed E-state index contributed by atoms with van der Waals surface area (Å²) in [5.41, 5.74) is -0.0875. The third-order valence-corrected chi connectivity index (χ3v) is 6.44. The third-order valence-electron chi connectivity index (χ3n) is 2.90. The van der Waals surface area contributed by atoms with Gasteiger partial charge in [-0.05, 0) is 31.3 Å². The van der Waals surface area contributed by atoms with Crippen molar-refractivity contribution >= 4 is 19.9 Å². The summed E-state index contributed by atoms with van der Waals surface area (Å²) in [4.78, 5) is 0. The molecule has 0 unspecified atom stereocenters. The lowest BCUT2D eigenvalue weighted by molar-refractivity contribution is 0.232. The zero-order valence-corrected chi connectivity index (χ0v) is 11.8. The Kier molecular flexibility index (Phi) is 4.56. The van der Waals surface area contributed by atoms with Gasteiger partial charge in [-0.15, -0.1) is 0 Å². The van der Waals surface area contributed by atoms with Gasteiger partial charge in [0.1, 0.15) is 0 Å². The third kappa shape index (κ3) is 5.80. The Morgan fingerprint density at radius 1 is 1.18 bits per heavy atom. The van der Waals surface area contributed by atoms with E-state index in [1.165, 1.54) is 0 Å². The molecule has 1 aliphatic heterocycles. The average molecular weight is 284 g/mol. The zero-order chi connectivity index (χ0) is 13.2. The van der Waals surface area contributed by atoms with Crippen LogP contribution in [0.25, 0.3) is 0 Å². The van der Waals surface area contributed by atoms with Crippen LogP contribution in [0.3, 0.4) is 0 Å². The summed E-state index contributed by atoms with van der Waals surface area (Å²) < 4.78 is 47.3. The highest BCUT2D eigenvalue weighted by Crippen LogP contribution is 2.26. The first-order valence-corrected chi connectivity index (χ1v) is 9.19. The van der Waals surface area contributed by atoms with Crippen LogP contribution in [0.5, 0.6) is 0 Å². The average Bonchev–Trinajstić information content (AvgIpc) is 2.13. The molecule has 1 aliphatic rings. The van der Waals surface area contributed by atoms with Gasteiger partial charge in [0.2, 0.25) is 10.0 Å². The molecule has 0 atom stereocenters. The van der Waals surface area contributed by atoms with Gasteiger partial charge in [0.15, 0.2) is 14.9 Å². The quantitative estimate of drug-likeness (QED) is 0.696. The molecule has 2 N–H and O–H groups in total. The molecule has 102 valence electrons. The molecule has 17 heavy (non-hydrogen) atoms. The maximum atomic E-state index is 11.5. The predicted molar refractivity (Wildman–Crippen MR) is 66.8 cm³/mol. The van der Waals surface area contributed by atoms with Crippen molar-refractivity contribution in [1.82, 2.24) is 10.0 Å². The van der Waals surface area contributed by atoms with E-state index >= 15 is 0 Å². The first-order chi connectivity index (χ1) is 7.62. The summed E-state index contributed by atoms with van der Waals surface area (Å²) in [6, 6.07) is 0. The first kappa shape index (κ1) is 14.9. The summed E-state index contributed by atoms with van der Waals surface area (Å²) in [7, 11) is -7.25. The van der Waals surface area contributed by atoms with E-state index in [1.54, 1.807) is 0 Å². The molecule has 0 radical (unpaired) electrons. The van der Waals surface area contributed by atoms with E-state index in [4.69, 9.17) is 0 Å². The second-order valence-corrected chi connectivity index (χ2v) is 9.35. The Bertz CT molecular complexity index is 449. The van der Waals surface area contributed by atoms with Crippen LogP contribution in [0.2, 0.25) is 0 Å². The Morgan fingerprint density at radius 3 is 2.18 bits per heavy atom. The second-order valence-electron chi connectivity index (χ2n) is 5.04. The smallest absolute Gasteiger partial charge is 0.226 e. The lowest BCUT2D eigenvalue weighted by Gasteiger charge is -2.33. The van der Waals surface area contributed by atoms with Crippen LogP contribution in [0.4, 0.5) is 0 Å². The minimum absolute atomic E-state index is 0.0875. The molecule has 8 heteroatoms. The van der Waals surface area contributed by atoms with E-state index in [0.717, 1.165) is 32.2 Å². The van der Waals surface area contributed by atoms with E-state index in [0.29, 0.717) is 6.54 Å². The van der Waals surface area contributed by atoms with Gasteiger partial charge in [-0.25, -0.2) is 21.6 Å². The van der Waals surface area contributed by atoms with Crippen LogP contribution in [0.15, 0.2) is 0 Å². The maximum absolute atomic E-state index is 11.5. The van der Waals surface area contributed by atoms with Gasteiger partial charge in [-0.2, -0.15) is 0 Å². The number of rotatable bonds is 5. The molecule has 0 aromatic carbocycles. The van der Waals surface area contributed by atoms with Crippen molar-refractivity contribution in [3.8, 4) is 0 Å². The van der Waals surface area contributed by atoms with Gasteiger partial charge >= 0.3 is 0 Å². The van der Waals surface area contributed by atoms with Gasteiger partial charge in [-0.3, -0.25) is 0 Å². The molecule has 0 bridgehead atoms. The maximum Gasteiger partial charge on any atom is 0.226 e. The topological polar surface area (TPSA) is 92.3 Å². The molecule has 0 aromatic heterocycles. The van der Waals surface area contributed by atoms with Crippen LogP contribution in [-0.2, 0) is 19.9 Å². The number of piperidine rings is 1. The molecule has 6 nitrogen and oxygen atoms in total. The summed E-state index contributed by atoms with van der Waals surface area (Å²) in [5.74, 6) is 0.